The normalized spacial score (nSPS) is 10.6. The zero-order valence-electron chi connectivity index (χ0n) is 15.8. The van der Waals surface area contributed by atoms with Gasteiger partial charge in [0.2, 0.25) is 0 Å². The number of ether oxygens (including phenoxy) is 2. The molecule has 0 aromatic rings. The molecule has 21 heavy (non-hydrogen) atoms. The number of hydrogen-bond acceptors (Lipinski definition) is 4. The van der Waals surface area contributed by atoms with E-state index in [4.69, 9.17) is 9.47 Å². The first kappa shape index (κ1) is 25.1. The van der Waals surface area contributed by atoms with Crippen LogP contribution in [0.5, 0.6) is 0 Å². The molecular weight excluding hydrogens is 268 g/mol. The Labute approximate surface area is 131 Å². The molecule has 0 fully saturated rings. The number of hydrogen-bond donors (Lipinski definition) is 0. The molecule has 0 rings (SSSR count). The predicted octanol–water partition coefficient (Wildman–Crippen LogP) is 4.54. The zero-order valence-corrected chi connectivity index (χ0v) is 15.8. The molecule has 0 N–H and O–H groups in total. The first-order valence-electron chi connectivity index (χ1n) is 7.97. The quantitative estimate of drug-likeness (QED) is 0.648. The molecule has 0 aromatic carbocycles. The second-order valence-electron chi connectivity index (χ2n) is 5.24. The van der Waals surface area contributed by atoms with E-state index in [9.17, 15) is 9.59 Å². The lowest BCUT2D eigenvalue weighted by atomic mass is 10.0. The van der Waals surface area contributed by atoms with Crippen LogP contribution in [0.2, 0.25) is 0 Å². The van der Waals surface area contributed by atoms with E-state index in [1.54, 1.807) is 13.8 Å². The minimum atomic E-state index is -0.763. The van der Waals surface area contributed by atoms with Crippen molar-refractivity contribution in [2.75, 3.05) is 6.61 Å². The first-order valence-corrected chi connectivity index (χ1v) is 7.97. The van der Waals surface area contributed by atoms with Gasteiger partial charge in [0.15, 0.2) is 5.78 Å². The molecule has 0 aliphatic carbocycles. The number of rotatable bonds is 7. The van der Waals surface area contributed by atoms with Gasteiger partial charge in [0.25, 0.3) is 0 Å². The highest BCUT2D eigenvalue weighted by atomic mass is 16.6. The van der Waals surface area contributed by atoms with Crippen LogP contribution in [-0.2, 0) is 19.1 Å². The minimum Gasteiger partial charge on any atom is -0.460 e. The van der Waals surface area contributed by atoms with E-state index in [-0.39, 0.29) is 11.8 Å². The standard InChI is InChI=1S/C13H24O4.2C2H6/c1-7-11(15)13(5,6)16-9-8-12(3,4)17-10(2)14;2*1-2/h7-9H2,1-6H3;2*1-2H3. The Bertz CT molecular complexity index is 281. The molecule has 0 heterocycles. The summed E-state index contributed by atoms with van der Waals surface area (Å²) in [5, 5.41) is 0. The summed E-state index contributed by atoms with van der Waals surface area (Å²) >= 11 is 0. The number of carbonyl (C=O) groups is 2. The van der Waals surface area contributed by atoms with E-state index in [2.05, 4.69) is 0 Å². The highest BCUT2D eigenvalue weighted by molar-refractivity contribution is 5.86. The van der Waals surface area contributed by atoms with Crippen LogP contribution in [0.1, 0.15) is 82.1 Å². The lowest BCUT2D eigenvalue weighted by molar-refractivity contribution is -0.158. The summed E-state index contributed by atoms with van der Waals surface area (Å²) in [5.74, 6) is -0.235. The highest BCUT2D eigenvalue weighted by Gasteiger charge is 2.28. The van der Waals surface area contributed by atoms with Crippen molar-refractivity contribution in [2.45, 2.75) is 93.3 Å². The summed E-state index contributed by atoms with van der Waals surface area (Å²) in [6, 6.07) is 0. The highest BCUT2D eigenvalue weighted by Crippen LogP contribution is 2.18. The summed E-state index contributed by atoms with van der Waals surface area (Å²) < 4.78 is 10.7. The number of Topliss-reactive ketones (excluding diaryl/α,β-unsaturated/α-hetero) is 1. The molecule has 0 saturated heterocycles. The third kappa shape index (κ3) is 13.8. The maximum atomic E-state index is 11.6. The van der Waals surface area contributed by atoms with Crippen molar-refractivity contribution in [1.82, 2.24) is 0 Å². The Balaban J connectivity index is -0.000000739. The Morgan fingerprint density at radius 3 is 1.71 bits per heavy atom. The average molecular weight is 304 g/mol. The number of ketones is 1. The molecule has 0 saturated carbocycles. The third-order valence-corrected chi connectivity index (χ3v) is 2.58. The molecule has 0 amide bonds. The van der Waals surface area contributed by atoms with E-state index >= 15 is 0 Å². The van der Waals surface area contributed by atoms with Gasteiger partial charge in [-0.15, -0.1) is 0 Å². The maximum absolute atomic E-state index is 11.6. The second-order valence-corrected chi connectivity index (χ2v) is 5.24. The molecule has 0 radical (unpaired) electrons. The lowest BCUT2D eigenvalue weighted by Gasteiger charge is -2.28. The van der Waals surface area contributed by atoms with Crippen molar-refractivity contribution in [2.24, 2.45) is 0 Å². The zero-order chi connectivity index (χ0) is 17.7. The van der Waals surface area contributed by atoms with Gasteiger partial charge < -0.3 is 9.47 Å². The smallest absolute Gasteiger partial charge is 0.303 e. The van der Waals surface area contributed by atoms with Crippen molar-refractivity contribution < 1.29 is 19.1 Å². The van der Waals surface area contributed by atoms with Gasteiger partial charge in [0, 0.05) is 19.8 Å². The van der Waals surface area contributed by atoms with Crippen molar-refractivity contribution in [3.63, 3.8) is 0 Å². The molecule has 4 nitrogen and oxygen atoms in total. The first-order chi connectivity index (χ1) is 9.60. The van der Waals surface area contributed by atoms with Crippen molar-refractivity contribution in [3.05, 3.63) is 0 Å². The fraction of sp³-hybridized carbons (Fsp3) is 0.882. The molecule has 0 unspecified atom stereocenters. The largest absolute Gasteiger partial charge is 0.460 e. The van der Waals surface area contributed by atoms with Crippen LogP contribution in [0, 0.1) is 0 Å². The predicted molar refractivity (Wildman–Crippen MR) is 88.5 cm³/mol. The monoisotopic (exact) mass is 304 g/mol. The Hall–Kier alpha value is -0.900. The van der Waals surface area contributed by atoms with Gasteiger partial charge in [-0.05, 0) is 27.7 Å². The SMILES string of the molecule is CC.CC.CCC(=O)C(C)(C)OCCC(C)(C)OC(C)=O. The van der Waals surface area contributed by atoms with E-state index in [1.807, 2.05) is 48.5 Å². The van der Waals surface area contributed by atoms with Crippen LogP contribution in [0.25, 0.3) is 0 Å². The van der Waals surface area contributed by atoms with Gasteiger partial charge in [-0.1, -0.05) is 34.6 Å². The van der Waals surface area contributed by atoms with E-state index < -0.39 is 11.2 Å². The van der Waals surface area contributed by atoms with Gasteiger partial charge in [-0.3, -0.25) is 9.59 Å². The van der Waals surface area contributed by atoms with Gasteiger partial charge in [0.05, 0.1) is 6.61 Å². The van der Waals surface area contributed by atoms with Crippen LogP contribution in [-0.4, -0.2) is 29.6 Å². The fourth-order valence-electron chi connectivity index (χ4n) is 1.50. The lowest BCUT2D eigenvalue weighted by Crippen LogP contribution is -2.37. The molecular formula is C17H36O4. The average Bonchev–Trinajstić information content (AvgIpc) is 2.40. The number of esters is 1. The summed E-state index contributed by atoms with van der Waals surface area (Å²) in [6.07, 6.45) is 1.02. The van der Waals surface area contributed by atoms with Crippen LogP contribution in [0.4, 0.5) is 0 Å². The molecule has 0 spiro atoms. The molecule has 4 heteroatoms. The Kier molecular flexibility index (Phi) is 15.3. The van der Waals surface area contributed by atoms with Gasteiger partial charge in [-0.2, -0.15) is 0 Å². The molecule has 0 aliphatic rings. The van der Waals surface area contributed by atoms with Crippen molar-refractivity contribution >= 4 is 11.8 Å². The van der Waals surface area contributed by atoms with Crippen molar-refractivity contribution in [3.8, 4) is 0 Å². The van der Waals surface area contributed by atoms with Crippen LogP contribution in [0.3, 0.4) is 0 Å². The summed E-state index contributed by atoms with van der Waals surface area (Å²) in [7, 11) is 0. The second kappa shape index (κ2) is 12.8. The Morgan fingerprint density at radius 1 is 0.952 bits per heavy atom. The number of carbonyl (C=O) groups excluding carboxylic acids is 2. The maximum Gasteiger partial charge on any atom is 0.303 e. The fourth-order valence-corrected chi connectivity index (χ4v) is 1.50. The van der Waals surface area contributed by atoms with Gasteiger partial charge in [0.1, 0.15) is 11.2 Å². The van der Waals surface area contributed by atoms with E-state index in [0.29, 0.717) is 19.4 Å². The van der Waals surface area contributed by atoms with E-state index in [1.165, 1.54) is 6.92 Å². The molecule has 0 aliphatic heterocycles. The molecule has 128 valence electrons. The molecule has 0 atom stereocenters. The van der Waals surface area contributed by atoms with Gasteiger partial charge in [-0.25, -0.2) is 0 Å². The summed E-state index contributed by atoms with van der Waals surface area (Å²) in [4.78, 5) is 22.4. The van der Waals surface area contributed by atoms with E-state index in [0.717, 1.165) is 0 Å². The van der Waals surface area contributed by atoms with Crippen LogP contribution < -0.4 is 0 Å². The van der Waals surface area contributed by atoms with Crippen LogP contribution >= 0.6 is 0 Å². The van der Waals surface area contributed by atoms with Gasteiger partial charge >= 0.3 is 5.97 Å². The molecule has 0 aromatic heterocycles. The topological polar surface area (TPSA) is 52.6 Å². The van der Waals surface area contributed by atoms with Crippen LogP contribution in [0.15, 0.2) is 0 Å². The van der Waals surface area contributed by atoms with Crippen molar-refractivity contribution in [1.29, 1.82) is 0 Å². The Morgan fingerprint density at radius 2 is 1.38 bits per heavy atom. The summed E-state index contributed by atoms with van der Waals surface area (Å²) in [5.41, 5.74) is -1.32. The third-order valence-electron chi connectivity index (χ3n) is 2.58. The summed E-state index contributed by atoms with van der Waals surface area (Å²) in [6.45, 7) is 18.8. The molecule has 0 bridgehead atoms. The minimum absolute atomic E-state index is 0.0720.